The monoisotopic (exact) mass is 237 g/mol. The third-order valence-electron chi connectivity index (χ3n) is 0. The van der Waals surface area contributed by atoms with Gasteiger partial charge in [-0.3, -0.25) is 0 Å². The quantitative estimate of drug-likeness (QED) is 0.312. The first-order valence-electron chi connectivity index (χ1n) is 0.447. The van der Waals surface area contributed by atoms with Crippen LogP contribution in [0.25, 0.3) is 0 Å². The molecule has 0 unspecified atom stereocenters. The van der Waals surface area contributed by atoms with E-state index in [-0.39, 0.29) is 125 Å². The average molecular weight is 238 g/mol. The summed E-state index contributed by atoms with van der Waals surface area (Å²) in [4.78, 5) is 0. The molecule has 0 bridgehead atoms. The van der Waals surface area contributed by atoms with Gasteiger partial charge >= 0.3 is 103 Å². The van der Waals surface area contributed by atoms with Crippen molar-refractivity contribution in [1.29, 1.82) is 10.5 Å². The van der Waals surface area contributed by atoms with Crippen molar-refractivity contribution in [2.75, 3.05) is 0 Å². The predicted molar refractivity (Wildman–Crippen MR) is 9.94 cm³/mol. The van der Waals surface area contributed by atoms with Crippen LogP contribution in [-0.2, 0) is 22.4 Å². The van der Waals surface area contributed by atoms with Gasteiger partial charge in [-0.15, -0.1) is 0 Å². The van der Waals surface area contributed by atoms with Gasteiger partial charge in [-0.05, 0) is 0 Å². The van der Waals surface area contributed by atoms with Gasteiger partial charge in [0, 0.05) is 22.4 Å². The van der Waals surface area contributed by atoms with Gasteiger partial charge in [0.15, 0.2) is 0 Å². The third kappa shape index (κ3) is 49.1. The molecule has 7 heavy (non-hydrogen) atoms. The van der Waals surface area contributed by atoms with E-state index in [1.165, 1.54) is 0 Å². The molecule has 0 rings (SSSR count). The van der Waals surface area contributed by atoms with E-state index in [1.807, 2.05) is 0 Å². The molecule has 2 nitrogen and oxygen atoms in total. The standard InChI is InChI=1S/2CN.Ag.2K/c2*1-2;;;/q2*-1;;2*+1. The second-order valence-electron chi connectivity index (χ2n) is 0. The molecule has 0 amide bonds. The molecule has 0 aromatic heterocycles. The fourth-order valence-electron chi connectivity index (χ4n) is 0. The zero-order valence-corrected chi connectivity index (χ0v) is 11.9. The summed E-state index contributed by atoms with van der Waals surface area (Å²) in [5.74, 6) is 0. The molecule has 1 radical (unpaired) electrons. The van der Waals surface area contributed by atoms with Gasteiger partial charge in [-0.1, -0.05) is 0 Å². The minimum Gasteiger partial charge on any atom is -0.512 e. The zero-order chi connectivity index (χ0) is 4.00. The van der Waals surface area contributed by atoms with E-state index in [0.717, 1.165) is 0 Å². The Morgan fingerprint density at radius 2 is 0.714 bits per heavy atom. The molecule has 0 N–H and O–H groups in total. The molecular formula is C2AgK2N2. The van der Waals surface area contributed by atoms with Crippen LogP contribution in [-0.4, -0.2) is 0 Å². The van der Waals surface area contributed by atoms with Crippen LogP contribution in [0.2, 0.25) is 0 Å². The summed E-state index contributed by atoms with van der Waals surface area (Å²) in [6.45, 7) is 9.50. The summed E-state index contributed by atoms with van der Waals surface area (Å²) >= 11 is 0. The topological polar surface area (TPSA) is 47.6 Å². The van der Waals surface area contributed by atoms with Crippen molar-refractivity contribution in [3.05, 3.63) is 13.1 Å². The Labute approximate surface area is 144 Å². The maximum atomic E-state index is 6.25. The second kappa shape index (κ2) is 64.1. The first-order valence-corrected chi connectivity index (χ1v) is 0.447. The molecule has 0 fully saturated rings. The van der Waals surface area contributed by atoms with Crippen LogP contribution >= 0.6 is 0 Å². The molecule has 0 aromatic carbocycles. The van der Waals surface area contributed by atoms with E-state index in [2.05, 4.69) is 0 Å². The molecule has 31 valence electrons. The van der Waals surface area contributed by atoms with E-state index >= 15 is 0 Å². The van der Waals surface area contributed by atoms with Crippen LogP contribution in [0.5, 0.6) is 0 Å². The van der Waals surface area contributed by atoms with Crippen molar-refractivity contribution in [3.8, 4) is 0 Å². The van der Waals surface area contributed by atoms with Crippen LogP contribution in [0.1, 0.15) is 0 Å². The van der Waals surface area contributed by atoms with E-state index in [0.29, 0.717) is 0 Å². The van der Waals surface area contributed by atoms with Crippen LogP contribution in [0.3, 0.4) is 0 Å². The Morgan fingerprint density at radius 3 is 0.714 bits per heavy atom. The van der Waals surface area contributed by atoms with Gasteiger partial charge in [0.05, 0.1) is 0 Å². The van der Waals surface area contributed by atoms with Gasteiger partial charge in [0.1, 0.15) is 0 Å². The summed E-state index contributed by atoms with van der Waals surface area (Å²) in [7, 11) is 0. The molecule has 5 heteroatoms. The summed E-state index contributed by atoms with van der Waals surface area (Å²) in [5, 5.41) is 12.5. The van der Waals surface area contributed by atoms with Crippen LogP contribution in [0, 0.1) is 23.7 Å². The summed E-state index contributed by atoms with van der Waals surface area (Å²) in [6, 6.07) is 0. The molecule has 0 aliphatic carbocycles. The van der Waals surface area contributed by atoms with Crippen molar-refractivity contribution in [1.82, 2.24) is 0 Å². The van der Waals surface area contributed by atoms with E-state index in [9.17, 15) is 0 Å². The maximum absolute atomic E-state index is 6.25. The van der Waals surface area contributed by atoms with E-state index < -0.39 is 0 Å². The summed E-state index contributed by atoms with van der Waals surface area (Å²) in [5.41, 5.74) is 0. The number of nitrogens with zero attached hydrogens (tertiary/aromatic N) is 2. The Balaban J connectivity index is -0.00000000267. The fourth-order valence-corrected chi connectivity index (χ4v) is 0. The molecule has 0 heterocycles. The summed E-state index contributed by atoms with van der Waals surface area (Å²) < 4.78 is 0. The van der Waals surface area contributed by atoms with Crippen LogP contribution < -0.4 is 103 Å². The number of hydrogen-bond donors (Lipinski definition) is 0. The molecule has 0 saturated carbocycles. The van der Waals surface area contributed by atoms with Crippen molar-refractivity contribution in [2.45, 2.75) is 0 Å². The Hall–Kier alpha value is 2.99. The Morgan fingerprint density at radius 1 is 0.714 bits per heavy atom. The molecule has 0 saturated heterocycles. The minimum atomic E-state index is 0. The molecule has 0 spiro atoms. The van der Waals surface area contributed by atoms with Gasteiger partial charge in [-0.2, -0.15) is 0 Å². The van der Waals surface area contributed by atoms with Crippen molar-refractivity contribution in [2.24, 2.45) is 0 Å². The first kappa shape index (κ1) is 32.4. The van der Waals surface area contributed by atoms with Gasteiger partial charge < -0.3 is 23.7 Å². The van der Waals surface area contributed by atoms with Crippen LogP contribution in [0.15, 0.2) is 0 Å². The second-order valence-corrected chi connectivity index (χ2v) is 0. The fraction of sp³-hybridized carbons (Fsp3) is 0. The molecule has 0 aliphatic heterocycles. The zero-order valence-electron chi connectivity index (χ0n) is 4.20. The van der Waals surface area contributed by atoms with Crippen molar-refractivity contribution in [3.63, 3.8) is 0 Å². The van der Waals surface area contributed by atoms with E-state index in [1.54, 1.807) is 0 Å². The maximum Gasteiger partial charge on any atom is 1.00 e. The Bertz CT molecular complexity index is 29.2. The third-order valence-corrected chi connectivity index (χ3v) is 0. The van der Waals surface area contributed by atoms with Crippen molar-refractivity contribution >= 4 is 0 Å². The summed E-state index contributed by atoms with van der Waals surface area (Å²) in [6.07, 6.45) is 0. The Kier molecular flexibility index (Phi) is 297. The minimum absolute atomic E-state index is 0. The predicted octanol–water partition coefficient (Wildman–Crippen LogP) is -5.80. The molecule has 0 aliphatic rings. The first-order chi connectivity index (χ1) is 2.00. The largest absolute Gasteiger partial charge is 1.00 e. The van der Waals surface area contributed by atoms with Gasteiger partial charge in [0.2, 0.25) is 0 Å². The van der Waals surface area contributed by atoms with Gasteiger partial charge in [0.25, 0.3) is 0 Å². The smallest absolute Gasteiger partial charge is 0.512 e. The van der Waals surface area contributed by atoms with Gasteiger partial charge in [-0.25, -0.2) is 0 Å². The molecular weight excluding hydrogens is 238 g/mol. The number of hydrogen-bond acceptors (Lipinski definition) is 2. The normalized spacial score (nSPS) is 0.571. The average Bonchev–Trinajstić information content (AvgIpc) is 1.50. The van der Waals surface area contributed by atoms with E-state index in [4.69, 9.17) is 23.7 Å². The molecule has 0 atom stereocenters. The van der Waals surface area contributed by atoms with Crippen LogP contribution in [0.4, 0.5) is 0 Å². The molecule has 0 aromatic rings. The SMILES string of the molecule is [Ag].[C-]#N.[C-]#N.[K+].[K+]. The number of rotatable bonds is 0. The van der Waals surface area contributed by atoms with Crippen molar-refractivity contribution < 1.29 is 125 Å².